The van der Waals surface area contributed by atoms with E-state index >= 15 is 0 Å². The molecule has 0 bridgehead atoms. The number of nitrogens with zero attached hydrogens (tertiary/aromatic N) is 4. The molecule has 1 N–H and O–H groups in total. The Labute approximate surface area is 160 Å². The molecule has 0 saturated carbocycles. The van der Waals surface area contributed by atoms with Crippen molar-refractivity contribution in [3.63, 3.8) is 0 Å². The second-order valence-corrected chi connectivity index (χ2v) is 7.45. The smallest absolute Gasteiger partial charge is 0.218 e. The number of aromatic nitrogens is 3. The van der Waals surface area contributed by atoms with Gasteiger partial charge in [0.15, 0.2) is 11.3 Å². The summed E-state index contributed by atoms with van der Waals surface area (Å²) in [6.45, 7) is 3.35. The molecule has 1 amide bonds. The molecule has 1 aliphatic rings. The van der Waals surface area contributed by atoms with E-state index in [1.54, 1.807) is 13.1 Å². The molecule has 1 aromatic carbocycles. The largest absolute Gasteiger partial charge is 0.329 e. The van der Waals surface area contributed by atoms with Crippen molar-refractivity contribution >= 4 is 27.5 Å². The molecule has 2 aromatic heterocycles. The molecular weight excluding hydrogens is 394 g/mol. The van der Waals surface area contributed by atoms with Crippen LogP contribution < -0.4 is 5.32 Å². The molecule has 26 heavy (non-hydrogen) atoms. The minimum atomic E-state index is -0.820. The van der Waals surface area contributed by atoms with Crippen molar-refractivity contribution in [2.45, 2.75) is 25.4 Å². The molecule has 6 nitrogen and oxygen atoms in total. The molecule has 3 aromatic rings. The van der Waals surface area contributed by atoms with Gasteiger partial charge in [-0.25, -0.2) is 9.50 Å². The number of imidazole rings is 1. The van der Waals surface area contributed by atoms with Crippen molar-refractivity contribution in [3.05, 3.63) is 64.5 Å². The third-order valence-electron chi connectivity index (χ3n) is 4.83. The number of hydrogen-bond acceptors (Lipinski definition) is 4. The van der Waals surface area contributed by atoms with Crippen molar-refractivity contribution in [2.24, 2.45) is 0 Å². The van der Waals surface area contributed by atoms with Crippen molar-refractivity contribution in [1.29, 1.82) is 0 Å². The summed E-state index contributed by atoms with van der Waals surface area (Å²) >= 11 is 3.57. The van der Waals surface area contributed by atoms with E-state index in [2.05, 4.69) is 42.3 Å². The maximum absolute atomic E-state index is 12.3. The Balaban J connectivity index is 2.02. The van der Waals surface area contributed by atoms with Crippen LogP contribution in [0.5, 0.6) is 0 Å². The van der Waals surface area contributed by atoms with Gasteiger partial charge in [-0.1, -0.05) is 28.1 Å². The summed E-state index contributed by atoms with van der Waals surface area (Å²) in [6, 6.07) is 11.8. The van der Waals surface area contributed by atoms with E-state index in [0.29, 0.717) is 0 Å². The second-order valence-electron chi connectivity index (χ2n) is 6.53. The molecule has 1 aliphatic heterocycles. The Morgan fingerprint density at radius 1 is 1.23 bits per heavy atom. The fourth-order valence-corrected chi connectivity index (χ4v) is 4.20. The Morgan fingerprint density at radius 2 is 2.04 bits per heavy atom. The molecule has 1 unspecified atom stereocenters. The zero-order chi connectivity index (χ0) is 18.1. The first-order chi connectivity index (χ1) is 12.6. The highest BCUT2D eigenvalue weighted by atomic mass is 79.9. The summed E-state index contributed by atoms with van der Waals surface area (Å²) in [5, 5.41) is 7.74. The average molecular weight is 414 g/mol. The number of carbonyl (C=O) groups excluding carboxylic acids is 1. The highest BCUT2D eigenvalue weighted by molar-refractivity contribution is 9.10. The van der Waals surface area contributed by atoms with Crippen molar-refractivity contribution in [1.82, 2.24) is 24.8 Å². The van der Waals surface area contributed by atoms with Gasteiger partial charge in [0.25, 0.3) is 0 Å². The quantitative estimate of drug-likeness (QED) is 0.713. The lowest BCUT2D eigenvalue weighted by Crippen LogP contribution is -2.58. The van der Waals surface area contributed by atoms with Crippen LogP contribution in [0.1, 0.15) is 31.0 Å². The fraction of sp³-hybridized carbons (Fsp3) is 0.316. The molecule has 1 atom stereocenters. The third-order valence-corrected chi connectivity index (χ3v) is 5.32. The van der Waals surface area contributed by atoms with E-state index in [0.717, 1.165) is 47.3 Å². The average Bonchev–Trinajstić information content (AvgIpc) is 3.30. The van der Waals surface area contributed by atoms with Gasteiger partial charge in [0.1, 0.15) is 5.69 Å². The van der Waals surface area contributed by atoms with E-state index in [-0.39, 0.29) is 5.91 Å². The maximum atomic E-state index is 12.3. The lowest BCUT2D eigenvalue weighted by molar-refractivity contribution is -0.122. The van der Waals surface area contributed by atoms with Crippen molar-refractivity contribution in [3.8, 4) is 0 Å². The normalized spacial score (nSPS) is 17.3. The SMILES string of the molecule is CC(=O)NC(c1cccc(Br)c1)(c1cnc2cccnn12)N1CCCC1. The van der Waals surface area contributed by atoms with Crippen LogP contribution in [0.3, 0.4) is 0 Å². The molecule has 0 aliphatic carbocycles. The fourth-order valence-electron chi connectivity index (χ4n) is 3.80. The van der Waals surface area contributed by atoms with Crippen molar-refractivity contribution in [2.75, 3.05) is 13.1 Å². The summed E-state index contributed by atoms with van der Waals surface area (Å²) in [4.78, 5) is 19.1. The lowest BCUT2D eigenvalue weighted by Gasteiger charge is -2.42. The zero-order valence-corrected chi connectivity index (χ0v) is 16.1. The first kappa shape index (κ1) is 17.2. The van der Waals surface area contributed by atoms with Crippen LogP contribution in [0, 0.1) is 0 Å². The predicted octanol–water partition coefficient (Wildman–Crippen LogP) is 2.92. The third kappa shape index (κ3) is 2.81. The number of rotatable bonds is 4. The van der Waals surface area contributed by atoms with Crippen molar-refractivity contribution < 1.29 is 4.79 Å². The summed E-state index contributed by atoms with van der Waals surface area (Å²) in [5.41, 5.74) is 1.76. The number of hydrogen-bond donors (Lipinski definition) is 1. The maximum Gasteiger partial charge on any atom is 0.218 e. The van der Waals surface area contributed by atoms with Crippen LogP contribution in [0.2, 0.25) is 0 Å². The van der Waals surface area contributed by atoms with Crippen LogP contribution in [0.4, 0.5) is 0 Å². The first-order valence-electron chi connectivity index (χ1n) is 8.70. The number of halogens is 1. The number of nitrogens with one attached hydrogen (secondary N) is 1. The topological polar surface area (TPSA) is 62.5 Å². The molecule has 7 heteroatoms. The highest BCUT2D eigenvalue weighted by Crippen LogP contribution is 2.37. The second kappa shape index (κ2) is 6.81. The van der Waals surface area contributed by atoms with Crippen LogP contribution in [0.25, 0.3) is 5.65 Å². The number of likely N-dealkylation sites (tertiary alicyclic amines) is 1. The monoisotopic (exact) mass is 413 g/mol. The van der Waals surface area contributed by atoms with Gasteiger partial charge in [0, 0.05) is 30.7 Å². The highest BCUT2D eigenvalue weighted by Gasteiger charge is 2.45. The van der Waals surface area contributed by atoms with E-state index in [1.807, 2.05) is 41.0 Å². The molecule has 134 valence electrons. The Kier molecular flexibility index (Phi) is 4.50. The van der Waals surface area contributed by atoms with E-state index in [9.17, 15) is 4.79 Å². The Bertz CT molecular complexity index is 950. The standard InChI is InChI=1S/C19H20BrN5O/c1-14(26)23-19(24-10-2-3-11-24,15-6-4-7-16(20)12-15)17-13-21-18-8-5-9-22-25(17)18/h4-9,12-13H,2-3,10-11H2,1H3,(H,23,26). The van der Waals surface area contributed by atoms with Gasteiger partial charge in [-0.15, -0.1) is 0 Å². The van der Waals surface area contributed by atoms with Gasteiger partial charge >= 0.3 is 0 Å². The van der Waals surface area contributed by atoms with Gasteiger partial charge in [-0.2, -0.15) is 5.10 Å². The van der Waals surface area contributed by atoms with Crippen LogP contribution in [0.15, 0.2) is 53.3 Å². The van der Waals surface area contributed by atoms with Gasteiger partial charge in [-0.3, -0.25) is 9.69 Å². The molecule has 4 rings (SSSR count). The van der Waals surface area contributed by atoms with Gasteiger partial charge in [0.05, 0.1) is 6.20 Å². The summed E-state index contributed by atoms with van der Waals surface area (Å²) in [5.74, 6) is -0.0947. The predicted molar refractivity (Wildman–Crippen MR) is 103 cm³/mol. The minimum Gasteiger partial charge on any atom is -0.329 e. The zero-order valence-electron chi connectivity index (χ0n) is 14.5. The van der Waals surface area contributed by atoms with Gasteiger partial charge < -0.3 is 5.32 Å². The minimum absolute atomic E-state index is 0.0947. The number of benzene rings is 1. The first-order valence-corrected chi connectivity index (χ1v) is 9.49. The molecular formula is C19H20BrN5O. The van der Waals surface area contributed by atoms with E-state index < -0.39 is 5.66 Å². The summed E-state index contributed by atoms with van der Waals surface area (Å²) in [7, 11) is 0. The molecule has 0 radical (unpaired) electrons. The Hall–Kier alpha value is -2.25. The summed E-state index contributed by atoms with van der Waals surface area (Å²) in [6.07, 6.45) is 5.75. The molecule has 1 fully saturated rings. The molecule has 3 heterocycles. The number of amides is 1. The van der Waals surface area contributed by atoms with Crippen LogP contribution in [-0.2, 0) is 10.5 Å². The van der Waals surface area contributed by atoms with Gasteiger partial charge in [-0.05, 0) is 42.7 Å². The molecule has 0 spiro atoms. The van der Waals surface area contributed by atoms with Crippen LogP contribution >= 0.6 is 15.9 Å². The Morgan fingerprint density at radius 3 is 2.77 bits per heavy atom. The number of fused-ring (bicyclic) bond motifs is 1. The molecule has 1 saturated heterocycles. The number of carbonyl (C=O) groups is 1. The van der Waals surface area contributed by atoms with E-state index in [1.165, 1.54) is 0 Å². The van der Waals surface area contributed by atoms with Crippen LogP contribution in [-0.4, -0.2) is 38.5 Å². The van der Waals surface area contributed by atoms with E-state index in [4.69, 9.17) is 0 Å². The summed E-state index contributed by atoms with van der Waals surface area (Å²) < 4.78 is 2.78. The lowest BCUT2D eigenvalue weighted by atomic mass is 9.93. The van der Waals surface area contributed by atoms with Gasteiger partial charge in [0.2, 0.25) is 5.91 Å².